The second kappa shape index (κ2) is 24.3. The third kappa shape index (κ3) is 11.1. The molecule has 0 N–H and O–H groups in total. The maximum Gasteiger partial charge on any atom is 0.217 e. The zero-order valence-corrected chi connectivity index (χ0v) is 57.5. The first-order valence-corrected chi connectivity index (χ1v) is 34.8. The van der Waals surface area contributed by atoms with Gasteiger partial charge in [-0.1, -0.05) is 156 Å². The largest absolute Gasteiger partial charge is 0.487 e. The molecule has 0 saturated carbocycles. The minimum absolute atomic E-state index is 0.444. The monoisotopic (exact) mass is 1270 g/mol. The van der Waals surface area contributed by atoms with Gasteiger partial charge in [-0.05, 0) is 155 Å². The van der Waals surface area contributed by atoms with Gasteiger partial charge in [-0.2, -0.15) is 0 Å². The van der Waals surface area contributed by atoms with Gasteiger partial charge in [0.25, 0.3) is 0 Å². The first-order valence-electron chi connectivity index (χ1n) is 34.8. The molecule has 12 aliphatic heterocycles. The van der Waals surface area contributed by atoms with Crippen LogP contribution in [-0.2, 0) is 34.0 Å². The first-order chi connectivity index (χ1) is 46.4. The van der Waals surface area contributed by atoms with Gasteiger partial charge in [0.1, 0.15) is 56.9 Å². The molecule has 96 heavy (non-hydrogen) atoms. The summed E-state index contributed by atoms with van der Waals surface area (Å²) in [6.07, 6.45) is 5.50. The second-order valence-electron chi connectivity index (χ2n) is 29.2. The molecule has 6 aromatic rings. The second-order valence-corrected chi connectivity index (χ2v) is 29.2. The Morgan fingerprint density at radius 1 is 0.240 bits per heavy atom. The van der Waals surface area contributed by atoms with Gasteiger partial charge in [0.2, 0.25) is 17.6 Å². The molecule has 0 unspecified atom stereocenters. The summed E-state index contributed by atoms with van der Waals surface area (Å²) in [5.41, 5.74) is 36.6. The lowest BCUT2D eigenvalue weighted by Crippen LogP contribution is -2.09. The molecule has 6 aromatic carbocycles. The summed E-state index contributed by atoms with van der Waals surface area (Å²) >= 11 is 0. The standard InChI is InChI=1S/3C28H28N2O2/c1-15(2)25-11-23-21-7-5-17(9-19(21)13-31-27(23)29-25)18-6-8-22-20(10-18)14-32-28-24(22)12-26(30-28)16(3)4;1-15(2)24-11-22-21-8-6-18(10-27(21)31-14-26(22)29-24)17-5-7-20-19(9-17)13-32-28-23(20)12-25(30-28)16(3)4;1-15(2)23-11-21-19-7-5-17(9-27(19)31-13-25(21)29-23)18-6-8-20-22-12-24(16(3)4)30-26(22)14-32-28(20)10-18/h3*5-10,15-16H,11-14H2,1-4H3. The van der Waals surface area contributed by atoms with E-state index in [1.165, 1.54) is 140 Å². The predicted octanol–water partition coefficient (Wildman–Crippen LogP) is 20.0. The van der Waals surface area contributed by atoms with Crippen molar-refractivity contribution < 1.29 is 28.4 Å². The number of hydrogen-bond donors (Lipinski definition) is 0. The van der Waals surface area contributed by atoms with Crippen LogP contribution in [0.25, 0.3) is 66.8 Å². The molecule has 486 valence electrons. The highest BCUT2D eigenvalue weighted by atomic mass is 16.5. The average Bonchev–Trinajstić information content (AvgIpc) is 1.41. The van der Waals surface area contributed by atoms with Crippen molar-refractivity contribution in [2.24, 2.45) is 65.5 Å². The third-order valence-corrected chi connectivity index (χ3v) is 20.9. The Bertz CT molecular complexity index is 4000. The molecule has 0 aliphatic carbocycles. The van der Waals surface area contributed by atoms with Gasteiger partial charge in [0.15, 0.2) is 0 Å². The summed E-state index contributed by atoms with van der Waals surface area (Å²) in [7, 11) is 0. The molecule has 12 heteroatoms. The van der Waals surface area contributed by atoms with Gasteiger partial charge in [0.05, 0.1) is 17.1 Å². The lowest BCUT2D eigenvalue weighted by Gasteiger charge is -2.21. The van der Waals surface area contributed by atoms with Crippen molar-refractivity contribution in [2.45, 2.75) is 141 Å². The number of benzene rings is 6. The van der Waals surface area contributed by atoms with Crippen LogP contribution in [0.1, 0.15) is 172 Å². The van der Waals surface area contributed by atoms with Crippen LogP contribution in [0.5, 0.6) is 17.2 Å². The maximum absolute atomic E-state index is 6.12. The highest BCUT2D eigenvalue weighted by Gasteiger charge is 2.35. The van der Waals surface area contributed by atoms with Gasteiger partial charge in [-0.25, -0.2) is 15.0 Å². The number of fused-ring (bicyclic) bond motifs is 12. The van der Waals surface area contributed by atoms with Crippen LogP contribution in [0.2, 0.25) is 0 Å². The van der Waals surface area contributed by atoms with Gasteiger partial charge in [0, 0.05) is 106 Å². The number of ether oxygens (including phenoxy) is 6. The summed E-state index contributed by atoms with van der Waals surface area (Å²) in [6.45, 7) is 29.8. The third-order valence-electron chi connectivity index (χ3n) is 20.9. The van der Waals surface area contributed by atoms with Crippen LogP contribution in [0, 0.1) is 35.5 Å². The quantitative estimate of drug-likeness (QED) is 0.142. The Kier molecular flexibility index (Phi) is 15.6. The summed E-state index contributed by atoms with van der Waals surface area (Å²) in [5.74, 6) is 8.08. The van der Waals surface area contributed by atoms with E-state index in [9.17, 15) is 0 Å². The number of rotatable bonds is 9. The van der Waals surface area contributed by atoms with E-state index in [0.29, 0.717) is 75.1 Å². The molecule has 12 aliphatic rings. The Hall–Kier alpha value is -9.42. The molecular formula is C84H84N6O6. The van der Waals surface area contributed by atoms with E-state index in [2.05, 4.69) is 192 Å². The molecule has 12 nitrogen and oxygen atoms in total. The van der Waals surface area contributed by atoms with E-state index >= 15 is 0 Å². The lowest BCUT2D eigenvalue weighted by molar-refractivity contribution is 0.194. The van der Waals surface area contributed by atoms with Crippen molar-refractivity contribution in [2.75, 3.05) is 19.8 Å². The van der Waals surface area contributed by atoms with Crippen molar-refractivity contribution in [3.63, 3.8) is 0 Å². The molecule has 0 aromatic heterocycles. The minimum Gasteiger partial charge on any atom is -0.487 e. The molecule has 0 saturated heterocycles. The SMILES string of the molecule is CC(C)C1=NC2=C(C1)c1ccc(-c3ccc4c(c3)COC3=C4CC(C(C)C)=N3)cc1CO2.CC(C)C1=NC2=C(C1)c1ccc(-c3ccc4c(c3)COC3=C4CC(C(C)C)=N3)cc1OC2.CC(C)C1=NC2=C(C1)c1ccc(-c3ccc4c(c3)OCC3=C4CC(C(C)C)=N3)cc1OC2. The number of aliphatic imine (C=N–C) groups is 6. The smallest absolute Gasteiger partial charge is 0.217 e. The fraction of sp³-hybridized carbons (Fsp3) is 0.357. The van der Waals surface area contributed by atoms with Crippen LogP contribution in [0.15, 0.2) is 174 Å². The number of allylic oxidation sites excluding steroid dienone is 6. The fourth-order valence-corrected chi connectivity index (χ4v) is 14.9. The van der Waals surface area contributed by atoms with Crippen molar-refractivity contribution >= 4 is 67.7 Å². The molecule has 0 spiro atoms. The van der Waals surface area contributed by atoms with Gasteiger partial charge in [-0.3, -0.25) is 15.0 Å². The van der Waals surface area contributed by atoms with Crippen molar-refractivity contribution in [3.05, 3.63) is 194 Å². The molecule has 18 rings (SSSR count). The van der Waals surface area contributed by atoms with Crippen LogP contribution >= 0.6 is 0 Å². The first kappa shape index (κ1) is 61.5. The van der Waals surface area contributed by atoms with E-state index in [0.717, 1.165) is 102 Å². The molecular weight excluding hydrogens is 1190 g/mol. The highest BCUT2D eigenvalue weighted by molar-refractivity contribution is 6.06. The topological polar surface area (TPSA) is 130 Å². The molecule has 12 heterocycles. The maximum atomic E-state index is 6.12. The molecule has 0 amide bonds. The van der Waals surface area contributed by atoms with Crippen LogP contribution in [-0.4, -0.2) is 54.1 Å². The van der Waals surface area contributed by atoms with Crippen molar-refractivity contribution in [3.8, 4) is 50.6 Å². The Morgan fingerprint density at radius 3 is 0.729 bits per heavy atom. The molecule has 0 atom stereocenters. The Labute approximate surface area is 564 Å². The van der Waals surface area contributed by atoms with Gasteiger partial charge in [-0.15, -0.1) is 0 Å². The van der Waals surface area contributed by atoms with E-state index < -0.39 is 0 Å². The summed E-state index contributed by atoms with van der Waals surface area (Å²) < 4.78 is 36.4. The van der Waals surface area contributed by atoms with Crippen LogP contribution in [0.3, 0.4) is 0 Å². The zero-order valence-electron chi connectivity index (χ0n) is 57.5. The number of nitrogens with zero attached hydrogens (tertiary/aromatic N) is 6. The minimum atomic E-state index is 0.444. The predicted molar refractivity (Wildman–Crippen MR) is 389 cm³/mol. The van der Waals surface area contributed by atoms with E-state index in [-0.39, 0.29) is 0 Å². The fourth-order valence-electron chi connectivity index (χ4n) is 14.9. The van der Waals surface area contributed by atoms with Gasteiger partial charge >= 0.3 is 0 Å². The molecule has 0 radical (unpaired) electrons. The van der Waals surface area contributed by atoms with E-state index in [1.807, 2.05) is 0 Å². The zero-order chi connectivity index (χ0) is 65.9. The normalized spacial score (nSPS) is 18.7. The average molecular weight is 1270 g/mol. The highest BCUT2D eigenvalue weighted by Crippen LogP contribution is 2.49. The van der Waals surface area contributed by atoms with Crippen molar-refractivity contribution in [1.82, 2.24) is 0 Å². The van der Waals surface area contributed by atoms with Crippen molar-refractivity contribution in [1.29, 1.82) is 0 Å². The summed E-state index contributed by atoms with van der Waals surface area (Å²) in [5, 5.41) is 0. The number of hydrogen-bond acceptors (Lipinski definition) is 12. The van der Waals surface area contributed by atoms with Gasteiger partial charge < -0.3 is 28.4 Å². The summed E-state index contributed by atoms with van der Waals surface area (Å²) in [6, 6.07) is 39.9. The van der Waals surface area contributed by atoms with E-state index in [1.54, 1.807) is 0 Å². The van der Waals surface area contributed by atoms with Crippen LogP contribution < -0.4 is 14.2 Å². The van der Waals surface area contributed by atoms with Crippen LogP contribution in [0.4, 0.5) is 0 Å². The summed E-state index contributed by atoms with van der Waals surface area (Å²) in [4.78, 5) is 28.6. The molecule has 0 fully saturated rings. The van der Waals surface area contributed by atoms with E-state index in [4.69, 9.17) is 58.4 Å². The Morgan fingerprint density at radius 2 is 0.469 bits per heavy atom. The molecule has 0 bridgehead atoms. The Balaban J connectivity index is 0.000000113. The lowest BCUT2D eigenvalue weighted by atomic mass is 9.89.